The lowest BCUT2D eigenvalue weighted by Gasteiger charge is -2.17. The van der Waals surface area contributed by atoms with Crippen molar-refractivity contribution in [2.24, 2.45) is 5.10 Å². The molecule has 0 aliphatic heterocycles. The maximum absolute atomic E-state index is 11.8. The molecule has 0 unspecified atom stereocenters. The van der Waals surface area contributed by atoms with Crippen LogP contribution >= 0.6 is 11.3 Å². The van der Waals surface area contributed by atoms with Crippen LogP contribution in [0.15, 0.2) is 29.4 Å². The number of fused-ring (bicyclic) bond motifs is 1. The number of nitrogens with zero attached hydrogens (tertiary/aromatic N) is 2. The molecule has 0 spiro atoms. The van der Waals surface area contributed by atoms with Crippen molar-refractivity contribution in [1.29, 1.82) is 0 Å². The molecule has 6 heteroatoms. The number of aromatic nitrogens is 1. The van der Waals surface area contributed by atoms with Gasteiger partial charge in [-0.15, -0.1) is 0 Å². The van der Waals surface area contributed by atoms with Crippen LogP contribution in [0.1, 0.15) is 46.3 Å². The van der Waals surface area contributed by atoms with Gasteiger partial charge in [0.15, 0.2) is 0 Å². The fourth-order valence-corrected chi connectivity index (χ4v) is 3.47. The number of anilines is 1. The molecule has 0 saturated carbocycles. The number of hydrogen-bond donors (Lipinski definition) is 1. The zero-order chi connectivity index (χ0) is 16.2. The predicted octanol–water partition coefficient (Wildman–Crippen LogP) is 3.78. The Hall–Kier alpha value is -2.21. The molecule has 0 atom stereocenters. The van der Waals surface area contributed by atoms with E-state index in [1.165, 1.54) is 22.5 Å². The number of esters is 1. The van der Waals surface area contributed by atoms with Crippen LogP contribution in [-0.2, 0) is 11.2 Å². The van der Waals surface area contributed by atoms with E-state index >= 15 is 0 Å². The molecule has 0 saturated heterocycles. The Morgan fingerprint density at radius 1 is 1.39 bits per heavy atom. The molecule has 0 radical (unpaired) electrons. The van der Waals surface area contributed by atoms with E-state index in [0.717, 1.165) is 25.0 Å². The zero-order valence-corrected chi connectivity index (χ0v) is 14.1. The lowest BCUT2D eigenvalue weighted by molar-refractivity contribution is 0.0531. The summed E-state index contributed by atoms with van der Waals surface area (Å²) >= 11 is 1.27. The van der Waals surface area contributed by atoms with Gasteiger partial charge in [0.25, 0.3) is 0 Å². The Morgan fingerprint density at radius 2 is 2.22 bits per heavy atom. The third-order valence-electron chi connectivity index (χ3n) is 3.73. The van der Waals surface area contributed by atoms with Crippen LogP contribution in [0.5, 0.6) is 0 Å². The Balaban J connectivity index is 1.79. The van der Waals surface area contributed by atoms with Gasteiger partial charge in [-0.05, 0) is 38.7 Å². The van der Waals surface area contributed by atoms with E-state index in [1.807, 2.05) is 6.07 Å². The largest absolute Gasteiger partial charge is 0.462 e. The van der Waals surface area contributed by atoms with Gasteiger partial charge in [-0.1, -0.05) is 35.6 Å². The smallest absolute Gasteiger partial charge is 0.350 e. The molecule has 5 nitrogen and oxygen atoms in total. The number of carbonyl (C=O) groups is 1. The van der Waals surface area contributed by atoms with Crippen LogP contribution in [0.3, 0.4) is 0 Å². The summed E-state index contributed by atoms with van der Waals surface area (Å²) in [6.45, 7) is 3.95. The molecule has 1 N–H and O–H groups in total. The lowest BCUT2D eigenvalue weighted by atomic mass is 9.90. The highest BCUT2D eigenvalue weighted by Gasteiger charge is 2.17. The fourth-order valence-electron chi connectivity index (χ4n) is 2.66. The summed E-state index contributed by atoms with van der Waals surface area (Å²) in [5.74, 6) is -0.328. The molecule has 1 aliphatic carbocycles. The van der Waals surface area contributed by atoms with Gasteiger partial charge in [-0.3, -0.25) is 5.43 Å². The Morgan fingerprint density at radius 3 is 3.04 bits per heavy atom. The van der Waals surface area contributed by atoms with Gasteiger partial charge in [0.2, 0.25) is 5.13 Å². The van der Waals surface area contributed by atoms with Crippen molar-refractivity contribution in [3.8, 4) is 0 Å². The molecular formula is C17H19N3O2S. The average molecular weight is 329 g/mol. The molecule has 3 rings (SSSR count). The van der Waals surface area contributed by atoms with E-state index in [9.17, 15) is 4.79 Å². The highest BCUT2D eigenvalue weighted by molar-refractivity contribution is 7.17. The van der Waals surface area contributed by atoms with Crippen molar-refractivity contribution in [1.82, 2.24) is 4.98 Å². The number of aryl methyl sites for hydroxylation is 2. The third-order valence-corrected chi connectivity index (χ3v) is 4.77. The molecule has 23 heavy (non-hydrogen) atoms. The topological polar surface area (TPSA) is 63.6 Å². The predicted molar refractivity (Wildman–Crippen MR) is 92.3 cm³/mol. The van der Waals surface area contributed by atoms with Crippen molar-refractivity contribution in [2.75, 3.05) is 12.0 Å². The van der Waals surface area contributed by atoms with Gasteiger partial charge in [0.1, 0.15) is 4.88 Å². The van der Waals surface area contributed by atoms with Crippen molar-refractivity contribution in [3.63, 3.8) is 0 Å². The van der Waals surface area contributed by atoms with Gasteiger partial charge < -0.3 is 4.74 Å². The molecule has 1 aromatic carbocycles. The number of rotatable bonds is 4. The molecule has 1 aromatic heterocycles. The molecule has 1 heterocycles. The van der Waals surface area contributed by atoms with Crippen LogP contribution in [0.2, 0.25) is 0 Å². The molecule has 0 fully saturated rings. The van der Waals surface area contributed by atoms with Gasteiger partial charge in [-0.25, -0.2) is 9.78 Å². The number of hydrogen-bond acceptors (Lipinski definition) is 6. The SMILES string of the molecule is CCOC(=O)c1sc(NN=C2CCCc3ccccc32)nc1C. The summed E-state index contributed by atoms with van der Waals surface area (Å²) in [6, 6.07) is 8.35. The summed E-state index contributed by atoms with van der Waals surface area (Å²) in [5.41, 5.74) is 7.24. The van der Waals surface area contributed by atoms with Gasteiger partial charge >= 0.3 is 5.97 Å². The maximum atomic E-state index is 11.8. The van der Waals surface area contributed by atoms with Crippen molar-refractivity contribution >= 4 is 28.1 Å². The molecular weight excluding hydrogens is 310 g/mol. The van der Waals surface area contributed by atoms with Gasteiger partial charge in [0, 0.05) is 5.56 Å². The van der Waals surface area contributed by atoms with E-state index in [2.05, 4.69) is 33.7 Å². The monoisotopic (exact) mass is 329 g/mol. The number of ether oxygens (including phenoxy) is 1. The fraction of sp³-hybridized carbons (Fsp3) is 0.353. The van der Waals surface area contributed by atoms with E-state index in [4.69, 9.17) is 4.74 Å². The minimum Gasteiger partial charge on any atom is -0.462 e. The molecule has 2 aromatic rings. The Labute approximate surface area is 139 Å². The Bertz CT molecular complexity index is 752. The van der Waals surface area contributed by atoms with Crippen molar-refractivity contribution < 1.29 is 9.53 Å². The normalized spacial score (nSPS) is 15.3. The first kappa shape index (κ1) is 15.7. The number of benzene rings is 1. The number of thiazole rings is 1. The lowest BCUT2D eigenvalue weighted by Crippen LogP contribution is -2.13. The Kier molecular flexibility index (Phi) is 4.71. The van der Waals surface area contributed by atoms with E-state index in [0.29, 0.717) is 22.3 Å². The zero-order valence-electron chi connectivity index (χ0n) is 13.3. The second-order valence-corrected chi connectivity index (χ2v) is 6.33. The first-order chi connectivity index (χ1) is 11.2. The first-order valence-corrected chi connectivity index (χ1v) is 8.56. The van der Waals surface area contributed by atoms with Crippen molar-refractivity contribution in [2.45, 2.75) is 33.1 Å². The molecule has 1 aliphatic rings. The second kappa shape index (κ2) is 6.91. The van der Waals surface area contributed by atoms with Crippen molar-refractivity contribution in [3.05, 3.63) is 46.0 Å². The van der Waals surface area contributed by atoms with Gasteiger partial charge in [0.05, 0.1) is 18.0 Å². The molecule has 0 bridgehead atoms. The summed E-state index contributed by atoms with van der Waals surface area (Å²) in [6.07, 6.45) is 3.14. The summed E-state index contributed by atoms with van der Waals surface area (Å²) in [7, 11) is 0. The molecule has 0 amide bonds. The molecule has 120 valence electrons. The number of hydrazone groups is 1. The summed E-state index contributed by atoms with van der Waals surface area (Å²) < 4.78 is 5.03. The maximum Gasteiger partial charge on any atom is 0.350 e. The number of nitrogens with one attached hydrogen (secondary N) is 1. The van der Waals surface area contributed by atoms with E-state index < -0.39 is 0 Å². The highest BCUT2D eigenvalue weighted by Crippen LogP contribution is 2.25. The van der Waals surface area contributed by atoms with Crippen LogP contribution < -0.4 is 5.43 Å². The summed E-state index contributed by atoms with van der Waals surface area (Å²) in [4.78, 5) is 16.7. The van der Waals surface area contributed by atoms with Gasteiger partial charge in [-0.2, -0.15) is 5.10 Å². The van der Waals surface area contributed by atoms with Crippen LogP contribution in [-0.4, -0.2) is 23.3 Å². The van der Waals surface area contributed by atoms with Crippen LogP contribution in [0, 0.1) is 6.92 Å². The standard InChI is InChI=1S/C17H19N3O2S/c1-3-22-16(21)15-11(2)18-17(23-15)20-19-14-10-6-8-12-7-4-5-9-13(12)14/h4-5,7,9H,3,6,8,10H2,1-2H3,(H,18,20). The average Bonchev–Trinajstić information content (AvgIpc) is 2.94. The van der Waals surface area contributed by atoms with E-state index in [-0.39, 0.29) is 5.97 Å². The third kappa shape index (κ3) is 3.42. The number of carbonyl (C=O) groups excluding carboxylic acids is 1. The minimum absolute atomic E-state index is 0.328. The second-order valence-electron chi connectivity index (χ2n) is 5.34. The summed E-state index contributed by atoms with van der Waals surface area (Å²) in [5, 5.41) is 5.13. The quantitative estimate of drug-likeness (QED) is 0.685. The minimum atomic E-state index is -0.328. The first-order valence-electron chi connectivity index (χ1n) is 7.74. The highest BCUT2D eigenvalue weighted by atomic mass is 32.1. The van der Waals surface area contributed by atoms with E-state index in [1.54, 1.807) is 13.8 Å². The van der Waals surface area contributed by atoms with Crippen LogP contribution in [0.4, 0.5) is 5.13 Å². The van der Waals surface area contributed by atoms with Crippen LogP contribution in [0.25, 0.3) is 0 Å².